The molecule has 5 aromatic carbocycles. The molecule has 1 amide bonds. The van der Waals surface area contributed by atoms with Gasteiger partial charge in [-0.15, -0.1) is 0 Å². The van der Waals surface area contributed by atoms with Crippen LogP contribution in [0.4, 0.5) is 27.6 Å². The number of aryl methyl sites for hydroxylation is 5. The molecule has 14 nitrogen and oxygen atoms in total. The highest BCUT2D eigenvalue weighted by Crippen LogP contribution is 2.37. The molecule has 0 radical (unpaired) electrons. The van der Waals surface area contributed by atoms with Gasteiger partial charge in [-0.25, -0.2) is 26.8 Å². The molecule has 5 aliphatic rings. The van der Waals surface area contributed by atoms with Crippen molar-refractivity contribution in [3.8, 4) is 56.3 Å². The molecule has 0 saturated carbocycles. The summed E-state index contributed by atoms with van der Waals surface area (Å²) >= 11 is 2.33. The van der Waals surface area contributed by atoms with Crippen molar-refractivity contribution in [3.05, 3.63) is 212 Å². The van der Waals surface area contributed by atoms with Gasteiger partial charge in [0.05, 0.1) is 56.4 Å². The molecular weight excluding hydrogens is 1210 g/mol. The highest BCUT2D eigenvalue weighted by atomic mass is 127. The number of rotatable bonds is 6. The minimum atomic E-state index is -0.498. The standard InChI is InChI=1S/C14H14FN3O.C14H12FN3.C13H12FIN2.C13H13FN2.C12H12FN3/c15-10-5-3-4-9(8-10)13-12(14(16)19)11-6-1-2-7-18(11)17-13;1-16-14-12-7-2-3-8-18(12)17-13(14)10-5-4-6-11(15)9-10;14-10-5-3-4-9(8-10)13-12(15)11-6-1-2-7-17(11)16-13;14-11-5-3-4-10(8-11)13-9-12-6-1-2-7-16(12)15-13;13-10-3-1-2-9(6-10)12-7-11-8-14-4-5-16(11)15-12/h3-5,8H,1-2,6-7H2,(H2,16,19);4-6,9H,2-3,7-8H2;3-5,8H,1-2,6-7H2;3-5,8-9H,1-2,6-7H2;1-3,6-7,14H,4-5,8H2. The number of nitrogens with one attached hydrogen (secondary N) is 1. The first kappa shape index (κ1) is 59.2. The second-order valence-electron chi connectivity index (χ2n) is 21.6. The van der Waals surface area contributed by atoms with E-state index in [4.69, 9.17) is 12.3 Å². The summed E-state index contributed by atoms with van der Waals surface area (Å²) in [4.78, 5) is 15.3. The van der Waals surface area contributed by atoms with Gasteiger partial charge in [-0.3, -0.25) is 28.2 Å². The van der Waals surface area contributed by atoms with E-state index in [1.165, 1.54) is 95.2 Å². The van der Waals surface area contributed by atoms with Crippen molar-refractivity contribution in [3.63, 3.8) is 0 Å². The van der Waals surface area contributed by atoms with Crippen molar-refractivity contribution in [2.75, 3.05) is 6.54 Å². The Labute approximate surface area is 508 Å². The number of nitrogens with two attached hydrogens (primary N) is 1. The summed E-state index contributed by atoms with van der Waals surface area (Å²) in [7, 11) is 0. The average Bonchev–Trinajstić information content (AvgIpc) is 2.65. The Morgan fingerprint density at radius 1 is 0.465 bits per heavy atom. The first-order valence-electron chi connectivity index (χ1n) is 29.1. The number of primary amides is 1. The SMILES string of the molecule is Fc1cccc(-c2cc3n(n2)CCCC3)c1.Fc1cccc(-c2cc3n(n2)CCNC3)c1.Fc1cccc(-c2nn3c(c2I)CCCC3)c1.NC(=O)c1c(-c2cccc(F)c2)nn2c1CCCC2.[C-]#[N+]c1c(-c2cccc(F)c2)nn2c1CCCC2. The number of carbonyl (C=O) groups excluding carboxylic acids is 1. The molecule has 0 saturated heterocycles. The van der Waals surface area contributed by atoms with Crippen molar-refractivity contribution < 1.29 is 26.7 Å². The van der Waals surface area contributed by atoms with E-state index in [1.807, 2.05) is 43.0 Å². The van der Waals surface area contributed by atoms with Crippen LogP contribution in [0.1, 0.15) is 90.2 Å². The van der Waals surface area contributed by atoms with E-state index in [2.05, 4.69) is 69.0 Å². The number of aromatic nitrogens is 10. The Kier molecular flexibility index (Phi) is 18.7. The van der Waals surface area contributed by atoms with Gasteiger partial charge < -0.3 is 11.1 Å². The van der Waals surface area contributed by atoms with E-state index < -0.39 is 5.91 Å². The number of halogens is 6. The van der Waals surface area contributed by atoms with Gasteiger partial charge in [0.2, 0.25) is 5.69 Å². The van der Waals surface area contributed by atoms with Gasteiger partial charge >= 0.3 is 0 Å². The quantitative estimate of drug-likeness (QED) is 0.0956. The molecule has 0 spiro atoms. The van der Waals surface area contributed by atoms with Crippen molar-refractivity contribution in [1.82, 2.24) is 54.2 Å². The van der Waals surface area contributed by atoms with Crippen LogP contribution in [-0.4, -0.2) is 61.4 Å². The van der Waals surface area contributed by atoms with Crippen LogP contribution in [0, 0.1) is 39.2 Å². The first-order chi connectivity index (χ1) is 41.9. The lowest BCUT2D eigenvalue weighted by atomic mass is 10.0. The van der Waals surface area contributed by atoms with Crippen molar-refractivity contribution >= 4 is 34.2 Å². The predicted molar refractivity (Wildman–Crippen MR) is 329 cm³/mol. The maximum Gasteiger partial charge on any atom is 0.252 e. The number of nitrogens with zero attached hydrogens (tertiary/aromatic N) is 11. The Morgan fingerprint density at radius 2 is 0.872 bits per heavy atom. The second kappa shape index (κ2) is 27.2. The number of hydrogen-bond donors (Lipinski definition) is 2. The van der Waals surface area contributed by atoms with E-state index in [0.29, 0.717) is 33.8 Å². The average molecular weight is 1280 g/mol. The molecular formula is C66H63F5IN13O. The Balaban J connectivity index is 0.000000112. The van der Waals surface area contributed by atoms with Crippen molar-refractivity contribution in [2.24, 2.45) is 5.73 Å². The van der Waals surface area contributed by atoms with E-state index >= 15 is 0 Å². The fourth-order valence-electron chi connectivity index (χ4n) is 11.5. The Bertz CT molecular complexity index is 3950. The van der Waals surface area contributed by atoms with Crippen LogP contribution in [0.25, 0.3) is 61.1 Å². The van der Waals surface area contributed by atoms with Gasteiger partial charge in [0.1, 0.15) is 40.5 Å². The van der Waals surface area contributed by atoms with E-state index in [-0.39, 0.29) is 29.1 Å². The van der Waals surface area contributed by atoms with Crippen LogP contribution in [0.2, 0.25) is 0 Å². The minimum Gasteiger partial charge on any atom is -0.365 e. The summed E-state index contributed by atoms with van der Waals surface area (Å²) in [6, 6.07) is 36.3. The zero-order valence-corrected chi connectivity index (χ0v) is 49.5. The molecule has 0 fully saturated rings. The molecule has 86 heavy (non-hydrogen) atoms. The first-order valence-corrected chi connectivity index (χ1v) is 30.2. The van der Waals surface area contributed by atoms with Crippen molar-refractivity contribution in [1.29, 1.82) is 0 Å². The lowest BCUT2D eigenvalue weighted by molar-refractivity contribution is 0.0999. The summed E-state index contributed by atoms with van der Waals surface area (Å²) < 4.78 is 77.0. The third kappa shape index (κ3) is 13.7. The number of hydrogen-bond acceptors (Lipinski definition) is 7. The Hall–Kier alpha value is -8.55. The smallest absolute Gasteiger partial charge is 0.252 e. The maximum atomic E-state index is 13.3. The van der Waals surface area contributed by atoms with Gasteiger partial charge in [-0.05, 0) is 178 Å². The molecule has 440 valence electrons. The van der Waals surface area contributed by atoms with Gasteiger partial charge in [0, 0.05) is 72.9 Å². The zero-order valence-electron chi connectivity index (χ0n) is 47.3. The predicted octanol–water partition coefficient (Wildman–Crippen LogP) is 14.1. The van der Waals surface area contributed by atoms with Crippen LogP contribution in [0.15, 0.2) is 133 Å². The maximum absolute atomic E-state index is 13.3. The molecule has 0 aliphatic carbocycles. The summed E-state index contributed by atoms with van der Waals surface area (Å²) in [5.41, 5.74) is 19.7. The van der Waals surface area contributed by atoms with Crippen LogP contribution in [0.3, 0.4) is 0 Å². The van der Waals surface area contributed by atoms with Crippen LogP contribution in [0.5, 0.6) is 0 Å². The molecule has 15 rings (SSSR count). The van der Waals surface area contributed by atoms with Crippen LogP contribution < -0.4 is 11.1 Å². The van der Waals surface area contributed by atoms with Gasteiger partial charge in [0.15, 0.2) is 0 Å². The van der Waals surface area contributed by atoms with Crippen LogP contribution in [-0.2, 0) is 65.0 Å². The van der Waals surface area contributed by atoms with Gasteiger partial charge in [-0.2, -0.15) is 25.5 Å². The summed E-state index contributed by atoms with van der Waals surface area (Å²) in [6.07, 6.45) is 12.9. The van der Waals surface area contributed by atoms with E-state index in [9.17, 15) is 26.7 Å². The molecule has 0 unspecified atom stereocenters. The normalized spacial score (nSPS) is 14.5. The van der Waals surface area contributed by atoms with E-state index in [0.717, 1.165) is 148 Å². The second-order valence-corrected chi connectivity index (χ2v) is 22.7. The fourth-order valence-corrected chi connectivity index (χ4v) is 12.4. The lowest BCUT2D eigenvalue weighted by Crippen LogP contribution is -2.28. The Morgan fingerprint density at radius 3 is 1.37 bits per heavy atom. The molecule has 5 aliphatic heterocycles. The monoisotopic (exact) mass is 1280 g/mol. The molecule has 10 heterocycles. The largest absolute Gasteiger partial charge is 0.365 e. The van der Waals surface area contributed by atoms with Gasteiger partial charge in [0.25, 0.3) is 5.91 Å². The number of fused-ring (bicyclic) bond motifs is 5. The van der Waals surface area contributed by atoms with Crippen LogP contribution >= 0.6 is 22.6 Å². The minimum absolute atomic E-state index is 0.204. The van der Waals surface area contributed by atoms with E-state index in [1.54, 1.807) is 48.5 Å². The molecule has 10 aromatic rings. The summed E-state index contributed by atoms with van der Waals surface area (Å²) in [5.74, 6) is -1.77. The van der Waals surface area contributed by atoms with Gasteiger partial charge in [-0.1, -0.05) is 60.7 Å². The third-order valence-electron chi connectivity index (χ3n) is 15.7. The number of benzene rings is 5. The fraction of sp³-hybridized carbons (Fsp3) is 0.288. The number of amides is 1. The molecule has 0 bridgehead atoms. The highest BCUT2D eigenvalue weighted by Gasteiger charge is 2.26. The molecule has 3 N–H and O–H groups in total. The molecule has 20 heteroatoms. The molecule has 0 atom stereocenters. The third-order valence-corrected chi connectivity index (χ3v) is 16.8. The molecule has 5 aromatic heterocycles. The summed E-state index contributed by atoms with van der Waals surface area (Å²) in [5, 5.41) is 25.8. The van der Waals surface area contributed by atoms with Crippen molar-refractivity contribution in [2.45, 2.75) is 116 Å². The highest BCUT2D eigenvalue weighted by molar-refractivity contribution is 14.1. The summed E-state index contributed by atoms with van der Waals surface area (Å²) in [6.45, 7) is 13.6. The lowest BCUT2D eigenvalue weighted by Gasteiger charge is -2.13. The topological polar surface area (TPSA) is 149 Å². The number of carbonyl (C=O) groups is 1. The zero-order chi connectivity index (χ0) is 59.7.